The van der Waals surface area contributed by atoms with Gasteiger partial charge in [0.2, 0.25) is 0 Å². The molecule has 0 aliphatic rings. The topological polar surface area (TPSA) is 73.3 Å². The van der Waals surface area contributed by atoms with Crippen LogP contribution in [0.5, 0.6) is 17.2 Å². The lowest BCUT2D eigenvalue weighted by Gasteiger charge is -2.16. The van der Waals surface area contributed by atoms with Gasteiger partial charge >= 0.3 is 0 Å². The third-order valence-corrected chi connectivity index (χ3v) is 4.63. The fraction of sp³-hybridized carbons (Fsp3) is 0.458. The van der Waals surface area contributed by atoms with Crippen molar-refractivity contribution in [3.63, 3.8) is 0 Å². The normalized spacial score (nSPS) is 10.8. The Morgan fingerprint density at radius 3 is 2.38 bits per heavy atom. The summed E-state index contributed by atoms with van der Waals surface area (Å²) in [5, 5.41) is 6.70. The van der Waals surface area contributed by atoms with Crippen LogP contribution in [0.25, 0.3) is 0 Å². The molecule has 0 saturated carbocycles. The Balaban J connectivity index is 0.00000512. The molecule has 0 amide bonds. The molecule has 32 heavy (non-hydrogen) atoms. The summed E-state index contributed by atoms with van der Waals surface area (Å²) >= 11 is 0. The Morgan fingerprint density at radius 2 is 1.69 bits per heavy atom. The molecule has 0 fully saturated rings. The molecular weight excluding hydrogens is 521 g/mol. The molecule has 7 nitrogen and oxygen atoms in total. The van der Waals surface area contributed by atoms with Gasteiger partial charge in [-0.1, -0.05) is 18.2 Å². The Bertz CT molecular complexity index is 846. The van der Waals surface area contributed by atoms with Crippen molar-refractivity contribution in [1.82, 2.24) is 10.6 Å². The second kappa shape index (κ2) is 15.6. The number of hydrogen-bond acceptors (Lipinski definition) is 5. The van der Waals surface area contributed by atoms with Crippen molar-refractivity contribution in [2.45, 2.75) is 33.4 Å². The molecule has 0 spiro atoms. The lowest BCUT2D eigenvalue weighted by atomic mass is 10.1. The molecule has 2 N–H and O–H groups in total. The molecule has 8 heteroatoms. The zero-order chi connectivity index (χ0) is 22.5. The van der Waals surface area contributed by atoms with Crippen LogP contribution in [0.1, 0.15) is 30.0 Å². The number of methoxy groups -OCH3 is 2. The number of benzene rings is 2. The van der Waals surface area contributed by atoms with E-state index in [-0.39, 0.29) is 24.0 Å². The van der Waals surface area contributed by atoms with Gasteiger partial charge in [0.1, 0.15) is 5.75 Å². The van der Waals surface area contributed by atoms with E-state index in [1.54, 1.807) is 21.3 Å². The van der Waals surface area contributed by atoms with Crippen molar-refractivity contribution in [2.75, 3.05) is 41.1 Å². The number of ether oxygens (including phenoxy) is 4. The second-order valence-electron chi connectivity index (χ2n) is 7.00. The van der Waals surface area contributed by atoms with Crippen molar-refractivity contribution >= 4 is 29.9 Å². The molecular formula is C24H36IN3O4. The van der Waals surface area contributed by atoms with Crippen LogP contribution in [0, 0.1) is 6.92 Å². The Labute approximate surface area is 208 Å². The SMILES string of the molecule is CCOc1cc(CNC(=NC)NCc2ccc(C)cc2OCCCOC)ccc1OC.I. The molecule has 2 aromatic rings. The van der Waals surface area contributed by atoms with E-state index in [9.17, 15) is 0 Å². The van der Waals surface area contributed by atoms with Crippen molar-refractivity contribution in [3.8, 4) is 17.2 Å². The lowest BCUT2D eigenvalue weighted by molar-refractivity contribution is 0.171. The fourth-order valence-electron chi connectivity index (χ4n) is 3.01. The summed E-state index contributed by atoms with van der Waals surface area (Å²) < 4.78 is 22.1. The second-order valence-corrected chi connectivity index (χ2v) is 7.00. The highest BCUT2D eigenvalue weighted by Crippen LogP contribution is 2.28. The number of hydrogen-bond donors (Lipinski definition) is 2. The van der Waals surface area contributed by atoms with E-state index in [4.69, 9.17) is 18.9 Å². The van der Waals surface area contributed by atoms with Crippen LogP contribution < -0.4 is 24.8 Å². The van der Waals surface area contributed by atoms with Gasteiger partial charge in [0.05, 0.1) is 20.3 Å². The summed E-state index contributed by atoms with van der Waals surface area (Å²) in [5.74, 6) is 3.06. The van der Waals surface area contributed by atoms with Crippen LogP contribution in [-0.4, -0.2) is 47.0 Å². The van der Waals surface area contributed by atoms with E-state index in [1.807, 2.05) is 25.1 Å². The predicted octanol–water partition coefficient (Wildman–Crippen LogP) is 4.30. The minimum absolute atomic E-state index is 0. The van der Waals surface area contributed by atoms with E-state index in [1.165, 1.54) is 0 Å². The number of aliphatic imine (C=N–C) groups is 1. The van der Waals surface area contributed by atoms with Gasteiger partial charge in [0, 0.05) is 45.8 Å². The minimum Gasteiger partial charge on any atom is -0.493 e. The maximum Gasteiger partial charge on any atom is 0.191 e. The average molecular weight is 557 g/mol. The van der Waals surface area contributed by atoms with Gasteiger partial charge in [-0.2, -0.15) is 0 Å². The third kappa shape index (κ3) is 9.12. The average Bonchev–Trinajstić information content (AvgIpc) is 2.78. The van der Waals surface area contributed by atoms with Crippen molar-refractivity contribution < 1.29 is 18.9 Å². The lowest BCUT2D eigenvalue weighted by Crippen LogP contribution is -2.36. The number of nitrogens with one attached hydrogen (secondary N) is 2. The van der Waals surface area contributed by atoms with Gasteiger partial charge in [-0.3, -0.25) is 4.99 Å². The molecule has 2 rings (SSSR count). The first kappa shape index (κ1) is 27.8. The molecule has 0 atom stereocenters. The van der Waals surface area contributed by atoms with Gasteiger partial charge in [-0.25, -0.2) is 0 Å². The largest absolute Gasteiger partial charge is 0.493 e. The van der Waals surface area contributed by atoms with Crippen LogP contribution in [-0.2, 0) is 17.8 Å². The number of aryl methyl sites for hydroxylation is 1. The summed E-state index contributed by atoms with van der Waals surface area (Å²) in [6, 6.07) is 12.1. The smallest absolute Gasteiger partial charge is 0.191 e. The third-order valence-electron chi connectivity index (χ3n) is 4.63. The first-order valence-electron chi connectivity index (χ1n) is 10.6. The molecule has 0 radical (unpaired) electrons. The molecule has 0 aliphatic heterocycles. The fourth-order valence-corrected chi connectivity index (χ4v) is 3.01. The maximum absolute atomic E-state index is 5.97. The molecule has 0 unspecified atom stereocenters. The van der Waals surface area contributed by atoms with Crippen LogP contribution in [0.4, 0.5) is 0 Å². The number of guanidine groups is 1. The molecule has 0 bridgehead atoms. The van der Waals surface area contributed by atoms with E-state index >= 15 is 0 Å². The van der Waals surface area contributed by atoms with Crippen molar-refractivity contribution in [1.29, 1.82) is 0 Å². The van der Waals surface area contributed by atoms with Gasteiger partial charge in [-0.15, -0.1) is 24.0 Å². The van der Waals surface area contributed by atoms with Crippen LogP contribution >= 0.6 is 24.0 Å². The van der Waals surface area contributed by atoms with Crippen molar-refractivity contribution in [2.24, 2.45) is 4.99 Å². The van der Waals surface area contributed by atoms with Crippen LogP contribution in [0.2, 0.25) is 0 Å². The summed E-state index contributed by atoms with van der Waals surface area (Å²) in [6.45, 7) is 7.12. The minimum atomic E-state index is 0. The monoisotopic (exact) mass is 557 g/mol. The molecule has 0 saturated heterocycles. The number of nitrogens with zero attached hydrogens (tertiary/aromatic N) is 1. The summed E-state index contributed by atoms with van der Waals surface area (Å²) in [6.07, 6.45) is 0.853. The Morgan fingerprint density at radius 1 is 0.906 bits per heavy atom. The Kier molecular flexibility index (Phi) is 13.5. The van der Waals surface area contributed by atoms with E-state index in [0.29, 0.717) is 38.9 Å². The van der Waals surface area contributed by atoms with Crippen molar-refractivity contribution in [3.05, 3.63) is 53.1 Å². The van der Waals surface area contributed by atoms with E-state index < -0.39 is 0 Å². The highest BCUT2D eigenvalue weighted by Gasteiger charge is 2.08. The molecule has 178 valence electrons. The maximum atomic E-state index is 5.97. The summed E-state index contributed by atoms with van der Waals surface area (Å²) in [4.78, 5) is 4.33. The standard InChI is InChI=1S/C24H35N3O4.HI/c1-6-30-23-15-19(9-11-21(23)29-5)16-26-24(25-3)27-17-20-10-8-18(2)14-22(20)31-13-7-12-28-4;/h8-11,14-15H,6-7,12-13,16-17H2,1-5H3,(H2,25,26,27);1H. The van der Waals surface area contributed by atoms with Gasteiger partial charge in [-0.05, 0) is 43.2 Å². The molecule has 0 aliphatic carbocycles. The first-order valence-corrected chi connectivity index (χ1v) is 10.6. The highest BCUT2D eigenvalue weighted by molar-refractivity contribution is 14.0. The molecule has 0 heterocycles. The van der Waals surface area contributed by atoms with Crippen LogP contribution in [0.3, 0.4) is 0 Å². The summed E-state index contributed by atoms with van der Waals surface area (Å²) in [7, 11) is 5.10. The quantitative estimate of drug-likeness (QED) is 0.176. The van der Waals surface area contributed by atoms with E-state index in [2.05, 4.69) is 40.7 Å². The van der Waals surface area contributed by atoms with Gasteiger partial charge < -0.3 is 29.6 Å². The first-order chi connectivity index (χ1) is 15.1. The summed E-state index contributed by atoms with van der Waals surface area (Å²) in [5.41, 5.74) is 3.32. The molecule has 0 aromatic heterocycles. The zero-order valence-electron chi connectivity index (χ0n) is 19.7. The zero-order valence-corrected chi connectivity index (χ0v) is 22.0. The van der Waals surface area contributed by atoms with Crippen LogP contribution in [0.15, 0.2) is 41.4 Å². The predicted molar refractivity (Wildman–Crippen MR) is 140 cm³/mol. The number of rotatable bonds is 12. The Hall–Kier alpha value is -2.20. The van der Waals surface area contributed by atoms with Gasteiger partial charge in [0.15, 0.2) is 17.5 Å². The number of halogens is 1. The van der Waals surface area contributed by atoms with Gasteiger partial charge in [0.25, 0.3) is 0 Å². The molecule has 2 aromatic carbocycles. The van der Waals surface area contributed by atoms with E-state index in [0.717, 1.165) is 40.4 Å². The highest BCUT2D eigenvalue weighted by atomic mass is 127.